The lowest BCUT2D eigenvalue weighted by molar-refractivity contribution is 0.323. The fraction of sp³-hybridized carbons (Fsp3) is 1.00. The van der Waals surface area contributed by atoms with E-state index in [0.29, 0.717) is 0 Å². The van der Waals surface area contributed by atoms with Gasteiger partial charge in [0, 0.05) is 12.6 Å². The predicted molar refractivity (Wildman–Crippen MR) is 47.5 cm³/mol. The Morgan fingerprint density at radius 1 is 1.27 bits per heavy atom. The van der Waals surface area contributed by atoms with Gasteiger partial charge in [-0.15, -0.1) is 0 Å². The van der Waals surface area contributed by atoms with E-state index < -0.39 is 0 Å². The van der Waals surface area contributed by atoms with Crippen molar-refractivity contribution in [1.29, 1.82) is 0 Å². The van der Waals surface area contributed by atoms with E-state index in [1.54, 1.807) is 0 Å². The lowest BCUT2D eigenvalue weighted by Crippen LogP contribution is -2.21. The molecule has 1 heteroatoms. The molecule has 2 rings (SSSR count). The monoisotopic (exact) mass is 153 g/mol. The van der Waals surface area contributed by atoms with Crippen LogP contribution in [-0.2, 0) is 0 Å². The van der Waals surface area contributed by atoms with Crippen molar-refractivity contribution >= 4 is 0 Å². The van der Waals surface area contributed by atoms with Gasteiger partial charge in [0.2, 0.25) is 0 Å². The van der Waals surface area contributed by atoms with E-state index in [9.17, 15) is 0 Å². The number of nitrogens with zero attached hydrogens (tertiary/aromatic N) is 1. The Labute approximate surface area is 69.8 Å². The summed E-state index contributed by atoms with van der Waals surface area (Å²) >= 11 is 0. The Hall–Kier alpha value is -0.0400. The topological polar surface area (TPSA) is 3.24 Å². The first kappa shape index (κ1) is 7.60. The van der Waals surface area contributed by atoms with Gasteiger partial charge in [0.1, 0.15) is 0 Å². The van der Waals surface area contributed by atoms with Gasteiger partial charge in [0.05, 0.1) is 0 Å². The second-order valence-electron chi connectivity index (χ2n) is 4.57. The molecule has 0 aromatic rings. The Bertz CT molecular complexity index is 127. The molecule has 11 heavy (non-hydrogen) atoms. The lowest BCUT2D eigenvalue weighted by atomic mass is 10.00. The van der Waals surface area contributed by atoms with E-state index in [0.717, 1.165) is 17.9 Å². The molecule has 2 aliphatic rings. The summed E-state index contributed by atoms with van der Waals surface area (Å²) in [6, 6.07) is 0.846. The molecule has 1 nitrogen and oxygen atoms in total. The third-order valence-corrected chi connectivity index (χ3v) is 3.34. The number of hydrogen-bond donors (Lipinski definition) is 0. The third kappa shape index (κ3) is 1.76. The van der Waals surface area contributed by atoms with Gasteiger partial charge in [0.15, 0.2) is 0 Å². The summed E-state index contributed by atoms with van der Waals surface area (Å²) in [7, 11) is 2.26. The summed E-state index contributed by atoms with van der Waals surface area (Å²) < 4.78 is 0. The molecular weight excluding hydrogens is 134 g/mol. The van der Waals surface area contributed by atoms with Gasteiger partial charge in [-0.2, -0.15) is 0 Å². The first-order valence-corrected chi connectivity index (χ1v) is 4.96. The van der Waals surface area contributed by atoms with Gasteiger partial charge < -0.3 is 4.90 Å². The minimum Gasteiger partial charge on any atom is -0.303 e. The Morgan fingerprint density at radius 2 is 2.00 bits per heavy atom. The van der Waals surface area contributed by atoms with Crippen molar-refractivity contribution in [3.63, 3.8) is 0 Å². The maximum atomic E-state index is 2.51. The molecule has 0 aromatic heterocycles. The van der Waals surface area contributed by atoms with Crippen LogP contribution in [0.5, 0.6) is 0 Å². The van der Waals surface area contributed by atoms with Crippen LogP contribution in [-0.4, -0.2) is 24.5 Å². The van der Waals surface area contributed by atoms with Gasteiger partial charge in [-0.25, -0.2) is 0 Å². The average Bonchev–Trinajstić information content (AvgIpc) is 2.65. The van der Waals surface area contributed by atoms with Crippen LogP contribution < -0.4 is 0 Å². The smallest absolute Gasteiger partial charge is 0.00671 e. The van der Waals surface area contributed by atoms with E-state index in [1.807, 2.05) is 0 Å². The second-order valence-corrected chi connectivity index (χ2v) is 4.57. The van der Waals surface area contributed by atoms with Crippen molar-refractivity contribution in [3.8, 4) is 0 Å². The van der Waals surface area contributed by atoms with Crippen LogP contribution in [0.15, 0.2) is 0 Å². The molecule has 0 N–H and O–H groups in total. The normalized spacial score (nSPS) is 39.8. The van der Waals surface area contributed by atoms with Gasteiger partial charge in [0.25, 0.3) is 0 Å². The van der Waals surface area contributed by atoms with Crippen molar-refractivity contribution in [2.45, 2.75) is 38.6 Å². The fourth-order valence-corrected chi connectivity index (χ4v) is 2.32. The number of likely N-dealkylation sites (tertiary alicyclic amines) is 1. The zero-order valence-corrected chi connectivity index (χ0v) is 7.71. The van der Waals surface area contributed by atoms with E-state index in [2.05, 4.69) is 18.9 Å². The zero-order chi connectivity index (χ0) is 7.84. The molecular formula is C10H19N. The van der Waals surface area contributed by atoms with Gasteiger partial charge in [-0.3, -0.25) is 0 Å². The highest BCUT2D eigenvalue weighted by molar-refractivity contribution is 4.85. The van der Waals surface area contributed by atoms with Crippen LogP contribution in [0.2, 0.25) is 0 Å². The standard InChI is InChI=1S/C10H19N/c1-8-5-10(7-11(8)2)6-9-3-4-9/h8-10H,3-7H2,1-2H3. The average molecular weight is 153 g/mol. The third-order valence-electron chi connectivity index (χ3n) is 3.34. The first-order valence-electron chi connectivity index (χ1n) is 4.96. The summed E-state index contributed by atoms with van der Waals surface area (Å²) in [4.78, 5) is 2.51. The minimum atomic E-state index is 0.846. The zero-order valence-electron chi connectivity index (χ0n) is 7.71. The molecule has 0 aromatic carbocycles. The first-order chi connectivity index (χ1) is 5.25. The van der Waals surface area contributed by atoms with Crippen molar-refractivity contribution in [3.05, 3.63) is 0 Å². The van der Waals surface area contributed by atoms with Crippen LogP contribution in [0.4, 0.5) is 0 Å². The molecule has 1 aliphatic carbocycles. The largest absolute Gasteiger partial charge is 0.303 e. The molecule has 2 fully saturated rings. The summed E-state index contributed by atoms with van der Waals surface area (Å²) in [5, 5.41) is 0. The minimum absolute atomic E-state index is 0.846. The maximum absolute atomic E-state index is 2.51. The Morgan fingerprint density at radius 3 is 2.45 bits per heavy atom. The van der Waals surface area contributed by atoms with Crippen molar-refractivity contribution in [2.24, 2.45) is 11.8 Å². The molecule has 0 radical (unpaired) electrons. The molecule has 0 amide bonds. The quantitative estimate of drug-likeness (QED) is 0.587. The number of rotatable bonds is 2. The molecule has 1 aliphatic heterocycles. The molecule has 0 bridgehead atoms. The summed E-state index contributed by atoms with van der Waals surface area (Å²) in [5.41, 5.74) is 0. The van der Waals surface area contributed by atoms with Crippen LogP contribution in [0, 0.1) is 11.8 Å². The van der Waals surface area contributed by atoms with E-state index >= 15 is 0 Å². The summed E-state index contributed by atoms with van der Waals surface area (Å²) in [6.45, 7) is 3.71. The van der Waals surface area contributed by atoms with Gasteiger partial charge >= 0.3 is 0 Å². The van der Waals surface area contributed by atoms with Crippen molar-refractivity contribution in [2.75, 3.05) is 13.6 Å². The van der Waals surface area contributed by atoms with Crippen LogP contribution >= 0.6 is 0 Å². The summed E-state index contributed by atoms with van der Waals surface area (Å²) in [5.74, 6) is 2.15. The molecule has 2 unspecified atom stereocenters. The predicted octanol–water partition coefficient (Wildman–Crippen LogP) is 2.13. The molecule has 0 spiro atoms. The molecule has 1 heterocycles. The second kappa shape index (κ2) is 2.78. The summed E-state index contributed by atoms with van der Waals surface area (Å²) in [6.07, 6.45) is 6.02. The molecule has 2 atom stereocenters. The lowest BCUT2D eigenvalue weighted by Gasteiger charge is -2.12. The van der Waals surface area contributed by atoms with Crippen LogP contribution in [0.1, 0.15) is 32.6 Å². The highest BCUT2D eigenvalue weighted by Crippen LogP contribution is 2.38. The molecule has 1 saturated heterocycles. The van der Waals surface area contributed by atoms with Crippen molar-refractivity contribution < 1.29 is 0 Å². The van der Waals surface area contributed by atoms with E-state index in [-0.39, 0.29) is 0 Å². The van der Waals surface area contributed by atoms with Crippen LogP contribution in [0.25, 0.3) is 0 Å². The highest BCUT2D eigenvalue weighted by Gasteiger charge is 2.31. The van der Waals surface area contributed by atoms with E-state index in [4.69, 9.17) is 0 Å². The van der Waals surface area contributed by atoms with Crippen molar-refractivity contribution in [1.82, 2.24) is 4.90 Å². The van der Waals surface area contributed by atoms with Gasteiger partial charge in [-0.1, -0.05) is 12.8 Å². The number of hydrogen-bond acceptors (Lipinski definition) is 1. The highest BCUT2D eigenvalue weighted by atomic mass is 15.1. The Kier molecular flexibility index (Phi) is 1.92. The van der Waals surface area contributed by atoms with Gasteiger partial charge in [-0.05, 0) is 38.6 Å². The molecule has 64 valence electrons. The Balaban J connectivity index is 1.78. The maximum Gasteiger partial charge on any atom is 0.00671 e. The SMILES string of the molecule is CC1CC(CC2CC2)CN1C. The molecule has 1 saturated carbocycles. The van der Waals surface area contributed by atoms with Crippen LogP contribution in [0.3, 0.4) is 0 Å². The fourth-order valence-electron chi connectivity index (χ4n) is 2.32. The van der Waals surface area contributed by atoms with E-state index in [1.165, 1.54) is 32.2 Å².